The SMILES string of the molecule is CCS(=O)(=O)NCCNC(=O)N[C@H]1C[C@H]1c1ccccc1Cl. The van der Waals surface area contributed by atoms with Crippen LogP contribution in [-0.2, 0) is 10.0 Å². The van der Waals surface area contributed by atoms with Crippen LogP contribution in [0.4, 0.5) is 4.79 Å². The zero-order valence-corrected chi connectivity index (χ0v) is 13.9. The summed E-state index contributed by atoms with van der Waals surface area (Å²) in [7, 11) is -3.21. The minimum Gasteiger partial charge on any atom is -0.337 e. The predicted octanol–water partition coefficient (Wildman–Crippen LogP) is 1.43. The highest BCUT2D eigenvalue weighted by Gasteiger charge is 2.40. The van der Waals surface area contributed by atoms with Crippen LogP contribution in [-0.4, -0.2) is 39.3 Å². The molecule has 0 saturated heterocycles. The summed E-state index contributed by atoms with van der Waals surface area (Å²) in [5.74, 6) is 0.277. The monoisotopic (exact) mass is 345 g/mol. The van der Waals surface area contributed by atoms with Crippen molar-refractivity contribution < 1.29 is 13.2 Å². The molecule has 1 aliphatic rings. The van der Waals surface area contributed by atoms with Crippen molar-refractivity contribution in [3.63, 3.8) is 0 Å². The van der Waals surface area contributed by atoms with Gasteiger partial charge in [-0.15, -0.1) is 0 Å². The first-order valence-corrected chi connectivity index (χ1v) is 9.22. The van der Waals surface area contributed by atoms with Crippen molar-refractivity contribution in [3.05, 3.63) is 34.9 Å². The van der Waals surface area contributed by atoms with E-state index >= 15 is 0 Å². The predicted molar refractivity (Wildman–Crippen MR) is 86.6 cm³/mol. The molecule has 0 heterocycles. The number of carbonyl (C=O) groups is 1. The molecule has 0 spiro atoms. The molecule has 6 nitrogen and oxygen atoms in total. The third-order valence-electron chi connectivity index (χ3n) is 3.52. The zero-order valence-electron chi connectivity index (χ0n) is 12.3. The van der Waals surface area contributed by atoms with Crippen molar-refractivity contribution in [2.75, 3.05) is 18.8 Å². The first-order valence-electron chi connectivity index (χ1n) is 7.19. The molecule has 122 valence electrons. The van der Waals surface area contributed by atoms with Gasteiger partial charge in [0, 0.05) is 30.1 Å². The Morgan fingerprint density at radius 1 is 1.32 bits per heavy atom. The van der Waals surface area contributed by atoms with Gasteiger partial charge in [-0.05, 0) is 25.0 Å². The third-order valence-corrected chi connectivity index (χ3v) is 5.27. The number of nitrogens with one attached hydrogen (secondary N) is 3. The Morgan fingerprint density at radius 3 is 2.73 bits per heavy atom. The van der Waals surface area contributed by atoms with E-state index in [0.717, 1.165) is 12.0 Å². The van der Waals surface area contributed by atoms with Crippen molar-refractivity contribution in [1.82, 2.24) is 15.4 Å². The molecule has 2 atom stereocenters. The van der Waals surface area contributed by atoms with E-state index in [-0.39, 0.29) is 36.8 Å². The topological polar surface area (TPSA) is 87.3 Å². The van der Waals surface area contributed by atoms with Crippen LogP contribution in [0.3, 0.4) is 0 Å². The Morgan fingerprint density at radius 2 is 2.05 bits per heavy atom. The van der Waals surface area contributed by atoms with Gasteiger partial charge in [0.15, 0.2) is 0 Å². The third kappa shape index (κ3) is 4.86. The van der Waals surface area contributed by atoms with Crippen LogP contribution >= 0.6 is 11.6 Å². The van der Waals surface area contributed by atoms with Crippen LogP contribution in [0, 0.1) is 0 Å². The van der Waals surface area contributed by atoms with E-state index in [4.69, 9.17) is 11.6 Å². The Balaban J connectivity index is 1.68. The molecule has 1 aromatic carbocycles. The molecular formula is C14H20ClN3O3S. The van der Waals surface area contributed by atoms with Gasteiger partial charge >= 0.3 is 6.03 Å². The minimum absolute atomic E-state index is 0.0286. The van der Waals surface area contributed by atoms with E-state index in [1.807, 2.05) is 24.3 Å². The molecule has 0 aromatic heterocycles. The van der Waals surface area contributed by atoms with Crippen molar-refractivity contribution in [3.8, 4) is 0 Å². The smallest absolute Gasteiger partial charge is 0.315 e. The molecule has 0 aliphatic heterocycles. The van der Waals surface area contributed by atoms with E-state index in [9.17, 15) is 13.2 Å². The highest BCUT2D eigenvalue weighted by molar-refractivity contribution is 7.89. The number of urea groups is 1. The van der Waals surface area contributed by atoms with Gasteiger partial charge in [0.05, 0.1) is 5.75 Å². The molecule has 22 heavy (non-hydrogen) atoms. The molecule has 0 radical (unpaired) electrons. The minimum atomic E-state index is -3.21. The second-order valence-corrected chi connectivity index (χ2v) is 7.67. The summed E-state index contributed by atoms with van der Waals surface area (Å²) in [5.41, 5.74) is 1.05. The zero-order chi connectivity index (χ0) is 16.2. The van der Waals surface area contributed by atoms with Crippen LogP contribution in [0.15, 0.2) is 24.3 Å². The lowest BCUT2D eigenvalue weighted by molar-refractivity contribution is 0.240. The van der Waals surface area contributed by atoms with E-state index in [2.05, 4.69) is 15.4 Å². The maximum atomic E-state index is 11.7. The number of benzene rings is 1. The lowest BCUT2D eigenvalue weighted by atomic mass is 10.1. The molecule has 0 bridgehead atoms. The first-order chi connectivity index (χ1) is 10.4. The average Bonchev–Trinajstić information content (AvgIpc) is 3.23. The van der Waals surface area contributed by atoms with Crippen molar-refractivity contribution in [2.45, 2.75) is 25.3 Å². The molecule has 1 aliphatic carbocycles. The van der Waals surface area contributed by atoms with Crippen LogP contribution in [0.1, 0.15) is 24.8 Å². The van der Waals surface area contributed by atoms with E-state index in [1.165, 1.54) is 0 Å². The summed E-state index contributed by atoms with van der Waals surface area (Å²) in [6.45, 7) is 1.99. The maximum absolute atomic E-state index is 11.7. The Bertz CT molecular complexity index is 636. The van der Waals surface area contributed by atoms with Crippen LogP contribution in [0.5, 0.6) is 0 Å². The van der Waals surface area contributed by atoms with Gasteiger partial charge in [0.2, 0.25) is 10.0 Å². The second-order valence-electron chi connectivity index (χ2n) is 5.17. The summed E-state index contributed by atoms with van der Waals surface area (Å²) in [6, 6.07) is 7.39. The number of hydrogen-bond acceptors (Lipinski definition) is 3. The fourth-order valence-electron chi connectivity index (χ4n) is 2.18. The Hall–Kier alpha value is -1.31. The Labute approximate surface area is 135 Å². The fourth-order valence-corrected chi connectivity index (χ4v) is 3.07. The van der Waals surface area contributed by atoms with Gasteiger partial charge < -0.3 is 10.6 Å². The summed E-state index contributed by atoms with van der Waals surface area (Å²) in [4.78, 5) is 11.7. The second kappa shape index (κ2) is 7.30. The van der Waals surface area contributed by atoms with E-state index in [0.29, 0.717) is 5.02 Å². The van der Waals surface area contributed by atoms with Crippen molar-refractivity contribution in [1.29, 1.82) is 0 Å². The molecule has 1 fully saturated rings. The summed E-state index contributed by atoms with van der Waals surface area (Å²) in [5, 5.41) is 6.20. The number of carbonyl (C=O) groups excluding carboxylic acids is 1. The van der Waals surface area contributed by atoms with Gasteiger partial charge in [-0.3, -0.25) is 0 Å². The van der Waals surface area contributed by atoms with Crippen molar-refractivity contribution >= 4 is 27.7 Å². The van der Waals surface area contributed by atoms with Crippen LogP contribution < -0.4 is 15.4 Å². The molecule has 3 N–H and O–H groups in total. The van der Waals surface area contributed by atoms with Crippen LogP contribution in [0.2, 0.25) is 5.02 Å². The molecule has 0 unspecified atom stereocenters. The van der Waals surface area contributed by atoms with Gasteiger partial charge in [0.25, 0.3) is 0 Å². The van der Waals surface area contributed by atoms with Gasteiger partial charge in [-0.25, -0.2) is 17.9 Å². The molecule has 2 amide bonds. The van der Waals surface area contributed by atoms with E-state index in [1.54, 1.807) is 6.92 Å². The molecule has 8 heteroatoms. The molecule has 1 aromatic rings. The number of rotatable bonds is 7. The number of sulfonamides is 1. The van der Waals surface area contributed by atoms with Crippen molar-refractivity contribution in [2.24, 2.45) is 0 Å². The summed E-state index contributed by atoms with van der Waals surface area (Å²) >= 11 is 6.13. The quantitative estimate of drug-likeness (QED) is 0.653. The fraction of sp³-hybridized carbons (Fsp3) is 0.500. The maximum Gasteiger partial charge on any atom is 0.315 e. The number of amides is 2. The molecule has 1 saturated carbocycles. The average molecular weight is 346 g/mol. The highest BCUT2D eigenvalue weighted by atomic mass is 35.5. The number of halogens is 1. The summed E-state index contributed by atoms with van der Waals surface area (Å²) < 4.78 is 24.8. The Kier molecular flexibility index (Phi) is 5.66. The van der Waals surface area contributed by atoms with Gasteiger partial charge in [0.1, 0.15) is 0 Å². The normalized spacial score (nSPS) is 20.5. The highest BCUT2D eigenvalue weighted by Crippen LogP contribution is 2.43. The van der Waals surface area contributed by atoms with Gasteiger partial charge in [-0.2, -0.15) is 0 Å². The largest absolute Gasteiger partial charge is 0.337 e. The van der Waals surface area contributed by atoms with Crippen LogP contribution in [0.25, 0.3) is 0 Å². The van der Waals surface area contributed by atoms with E-state index < -0.39 is 10.0 Å². The standard InChI is InChI=1S/C14H20ClN3O3S/c1-2-22(20,21)17-8-7-16-14(19)18-13-9-11(13)10-5-3-4-6-12(10)15/h3-6,11,13,17H,2,7-9H2,1H3,(H2,16,18,19)/t11-,13-/m0/s1. The molecule has 2 rings (SSSR count). The van der Waals surface area contributed by atoms with Gasteiger partial charge in [-0.1, -0.05) is 29.8 Å². The lowest BCUT2D eigenvalue weighted by Gasteiger charge is -2.09. The number of hydrogen-bond donors (Lipinski definition) is 3. The summed E-state index contributed by atoms with van der Waals surface area (Å²) in [6.07, 6.45) is 0.861. The molecular weight excluding hydrogens is 326 g/mol. The lowest BCUT2D eigenvalue weighted by Crippen LogP contribution is -2.41. The first kappa shape index (κ1) is 17.1.